The van der Waals surface area contributed by atoms with E-state index in [0.717, 1.165) is 30.4 Å². The van der Waals surface area contributed by atoms with Crippen LogP contribution in [0.3, 0.4) is 0 Å². The van der Waals surface area contributed by atoms with Gasteiger partial charge >= 0.3 is 0 Å². The van der Waals surface area contributed by atoms with Crippen molar-refractivity contribution in [3.8, 4) is 0 Å². The van der Waals surface area contributed by atoms with Gasteiger partial charge in [-0.05, 0) is 36.7 Å². The van der Waals surface area contributed by atoms with Gasteiger partial charge in [0.2, 0.25) is 0 Å². The van der Waals surface area contributed by atoms with E-state index in [1.807, 2.05) is 6.07 Å². The van der Waals surface area contributed by atoms with Gasteiger partial charge in [-0.25, -0.2) is 4.39 Å². The molecule has 1 aliphatic rings. The first-order chi connectivity index (χ1) is 6.84. The molecule has 2 nitrogen and oxygen atoms in total. The summed E-state index contributed by atoms with van der Waals surface area (Å²) in [7, 11) is 0. The molecule has 1 aromatic heterocycles. The summed E-state index contributed by atoms with van der Waals surface area (Å²) < 4.78 is 13.1. The normalized spacial score (nSPS) is 14.7. The molecule has 2 aromatic rings. The van der Waals surface area contributed by atoms with Crippen LogP contribution < -0.4 is 5.32 Å². The number of aromatic nitrogens is 1. The number of halogens is 2. The highest BCUT2D eigenvalue weighted by molar-refractivity contribution is 5.85. The molecule has 1 aromatic carbocycles. The van der Waals surface area contributed by atoms with Gasteiger partial charge in [-0.15, -0.1) is 12.4 Å². The summed E-state index contributed by atoms with van der Waals surface area (Å²) in [5.41, 5.74) is 3.52. The average molecular weight is 227 g/mol. The third-order valence-electron chi connectivity index (χ3n) is 2.81. The molecule has 0 radical (unpaired) electrons. The lowest BCUT2D eigenvalue weighted by Crippen LogP contribution is -2.22. The molecule has 0 spiro atoms. The Balaban J connectivity index is 0.000000853. The van der Waals surface area contributed by atoms with Crippen molar-refractivity contribution >= 4 is 23.3 Å². The Labute approximate surface area is 93.3 Å². The van der Waals surface area contributed by atoms with Gasteiger partial charge in [0.1, 0.15) is 5.82 Å². The van der Waals surface area contributed by atoms with Crippen LogP contribution in [0.15, 0.2) is 18.2 Å². The average Bonchev–Trinajstić information content (AvgIpc) is 2.56. The summed E-state index contributed by atoms with van der Waals surface area (Å²) in [6, 6.07) is 4.93. The largest absolute Gasteiger partial charge is 0.357 e. The number of hydrogen-bond donors (Lipinski definition) is 2. The van der Waals surface area contributed by atoms with Gasteiger partial charge < -0.3 is 10.3 Å². The second-order valence-corrected chi connectivity index (χ2v) is 3.70. The maximum absolute atomic E-state index is 13.1. The van der Waals surface area contributed by atoms with Crippen LogP contribution in [-0.2, 0) is 13.0 Å². The number of nitrogens with one attached hydrogen (secondary N) is 2. The Morgan fingerprint density at radius 2 is 2.13 bits per heavy atom. The SMILES string of the molecule is Cl.Fc1ccc2[nH]c3c(c2c1)CCNC3. The van der Waals surface area contributed by atoms with Crippen molar-refractivity contribution in [3.05, 3.63) is 35.3 Å². The van der Waals surface area contributed by atoms with E-state index in [2.05, 4.69) is 10.3 Å². The second-order valence-electron chi connectivity index (χ2n) is 3.70. The predicted octanol–water partition coefficient (Wildman–Crippen LogP) is 2.37. The molecule has 0 bridgehead atoms. The molecule has 3 rings (SSSR count). The molecule has 1 aliphatic heterocycles. The van der Waals surface area contributed by atoms with Crippen LogP contribution in [0, 0.1) is 5.82 Å². The maximum Gasteiger partial charge on any atom is 0.123 e. The first kappa shape index (κ1) is 10.5. The van der Waals surface area contributed by atoms with E-state index in [-0.39, 0.29) is 18.2 Å². The van der Waals surface area contributed by atoms with Gasteiger partial charge in [0.15, 0.2) is 0 Å². The van der Waals surface area contributed by atoms with Crippen molar-refractivity contribution in [2.75, 3.05) is 6.54 Å². The van der Waals surface area contributed by atoms with Crippen molar-refractivity contribution in [3.63, 3.8) is 0 Å². The molecule has 0 unspecified atom stereocenters. The molecule has 2 heterocycles. The van der Waals surface area contributed by atoms with Gasteiger partial charge in [-0.2, -0.15) is 0 Å². The molecule has 15 heavy (non-hydrogen) atoms. The smallest absolute Gasteiger partial charge is 0.123 e. The number of aromatic amines is 1. The Morgan fingerprint density at radius 1 is 1.27 bits per heavy atom. The topological polar surface area (TPSA) is 27.8 Å². The van der Waals surface area contributed by atoms with Crippen molar-refractivity contribution in [1.29, 1.82) is 0 Å². The minimum absolute atomic E-state index is 0. The summed E-state index contributed by atoms with van der Waals surface area (Å²) in [5, 5.41) is 4.33. The molecule has 0 fully saturated rings. The molecule has 80 valence electrons. The summed E-state index contributed by atoms with van der Waals surface area (Å²) in [4.78, 5) is 3.31. The molecule has 4 heteroatoms. The number of hydrogen-bond acceptors (Lipinski definition) is 1. The van der Waals surface area contributed by atoms with Gasteiger partial charge in [0, 0.05) is 23.1 Å². The zero-order valence-corrected chi connectivity index (χ0v) is 8.96. The monoisotopic (exact) mass is 226 g/mol. The molecule has 0 saturated carbocycles. The fourth-order valence-corrected chi connectivity index (χ4v) is 2.14. The zero-order valence-electron chi connectivity index (χ0n) is 8.14. The van der Waals surface area contributed by atoms with Crippen LogP contribution in [0.2, 0.25) is 0 Å². The third-order valence-corrected chi connectivity index (χ3v) is 2.81. The van der Waals surface area contributed by atoms with E-state index in [4.69, 9.17) is 0 Å². The van der Waals surface area contributed by atoms with E-state index in [1.165, 1.54) is 17.3 Å². The molecular formula is C11H12ClFN2. The number of H-pyrrole nitrogens is 1. The van der Waals surface area contributed by atoms with E-state index in [1.54, 1.807) is 6.07 Å². The van der Waals surface area contributed by atoms with Gasteiger partial charge in [-0.3, -0.25) is 0 Å². The molecule has 0 atom stereocenters. The molecular weight excluding hydrogens is 215 g/mol. The number of fused-ring (bicyclic) bond motifs is 3. The maximum atomic E-state index is 13.1. The fourth-order valence-electron chi connectivity index (χ4n) is 2.14. The van der Waals surface area contributed by atoms with Crippen molar-refractivity contribution in [1.82, 2.24) is 10.3 Å². The highest BCUT2D eigenvalue weighted by atomic mass is 35.5. The van der Waals surface area contributed by atoms with Crippen LogP contribution in [0.25, 0.3) is 10.9 Å². The lowest BCUT2D eigenvalue weighted by Gasteiger charge is -2.12. The number of benzene rings is 1. The highest BCUT2D eigenvalue weighted by Crippen LogP contribution is 2.25. The standard InChI is InChI=1S/C11H11FN2.ClH/c12-7-1-2-10-9(5-7)8-3-4-13-6-11(8)14-10;/h1-2,5,13-14H,3-4,6H2;1H. The summed E-state index contributed by atoms with van der Waals surface area (Å²) in [6.45, 7) is 1.85. The minimum atomic E-state index is -0.155. The Kier molecular flexibility index (Phi) is 2.67. The zero-order chi connectivity index (χ0) is 9.54. The molecule has 2 N–H and O–H groups in total. The van der Waals surface area contributed by atoms with Gasteiger partial charge in [-0.1, -0.05) is 0 Å². The Bertz CT molecular complexity index is 493. The van der Waals surface area contributed by atoms with Crippen LogP contribution in [0.1, 0.15) is 11.3 Å². The summed E-state index contributed by atoms with van der Waals surface area (Å²) in [6.07, 6.45) is 0.985. The van der Waals surface area contributed by atoms with Crippen molar-refractivity contribution in [2.24, 2.45) is 0 Å². The fraction of sp³-hybridized carbons (Fsp3) is 0.273. The first-order valence-electron chi connectivity index (χ1n) is 4.84. The van der Waals surface area contributed by atoms with Gasteiger partial charge in [0.05, 0.1) is 0 Å². The highest BCUT2D eigenvalue weighted by Gasteiger charge is 2.14. The molecule has 0 saturated heterocycles. The van der Waals surface area contributed by atoms with Crippen molar-refractivity contribution < 1.29 is 4.39 Å². The summed E-state index contributed by atoms with van der Waals surface area (Å²) in [5.74, 6) is -0.155. The third kappa shape index (κ3) is 1.62. The molecule has 0 amide bonds. The lowest BCUT2D eigenvalue weighted by atomic mass is 10.0. The van der Waals surface area contributed by atoms with Crippen LogP contribution in [0.4, 0.5) is 4.39 Å². The lowest BCUT2D eigenvalue weighted by molar-refractivity contribution is 0.628. The Hall–Kier alpha value is -1.06. The predicted molar refractivity (Wildman–Crippen MR) is 60.9 cm³/mol. The Morgan fingerprint density at radius 3 is 3.00 bits per heavy atom. The molecule has 0 aliphatic carbocycles. The van der Waals surface area contributed by atoms with Gasteiger partial charge in [0.25, 0.3) is 0 Å². The van der Waals surface area contributed by atoms with Crippen LogP contribution in [-0.4, -0.2) is 11.5 Å². The van der Waals surface area contributed by atoms with E-state index in [0.29, 0.717) is 0 Å². The van der Waals surface area contributed by atoms with E-state index < -0.39 is 0 Å². The second kappa shape index (κ2) is 3.83. The van der Waals surface area contributed by atoms with E-state index in [9.17, 15) is 4.39 Å². The van der Waals surface area contributed by atoms with Crippen LogP contribution >= 0.6 is 12.4 Å². The van der Waals surface area contributed by atoms with Crippen LogP contribution in [0.5, 0.6) is 0 Å². The van der Waals surface area contributed by atoms with Crippen molar-refractivity contribution in [2.45, 2.75) is 13.0 Å². The summed E-state index contributed by atoms with van der Waals surface area (Å²) >= 11 is 0. The minimum Gasteiger partial charge on any atom is -0.357 e. The quantitative estimate of drug-likeness (QED) is 0.709. The first-order valence-corrected chi connectivity index (χ1v) is 4.84. The number of rotatable bonds is 0. The van der Waals surface area contributed by atoms with E-state index >= 15 is 0 Å².